The second-order valence-corrected chi connectivity index (χ2v) is 22.0. The lowest BCUT2D eigenvalue weighted by Crippen LogP contribution is -2.61. The molecule has 3 heterocycles. The van der Waals surface area contributed by atoms with Gasteiger partial charge < -0.3 is 14.1 Å². The predicted octanol–water partition coefficient (Wildman–Crippen LogP) is 16.1. The predicted molar refractivity (Wildman–Crippen MR) is 284 cm³/mol. The molecule has 0 atom stereocenters. The standard InChI is InChI=1S/C62H59BN2O/c1-38-18-17-19-39(2)58(38)41-32-50-46-30-26-44(62(9,10)11)35-53(46)65(45-28-24-42(25-29-45)60(3,4)5)63-51-37-57-49(47-22-15-16-23-56(47)66-57)36-54(51)64(55(33-41)59(50)63)52-31-27-43(61(6,7)8)34-48(52)40-20-13-12-14-21-40/h12-37H,1-11H3. The highest BCUT2D eigenvalue weighted by molar-refractivity contribution is 6.93. The first-order valence-corrected chi connectivity index (χ1v) is 23.7. The van der Waals surface area contributed by atoms with Gasteiger partial charge in [0.2, 0.25) is 0 Å². The average molecular weight is 859 g/mol. The molecule has 9 aromatic rings. The van der Waals surface area contributed by atoms with Gasteiger partial charge in [-0.15, -0.1) is 0 Å². The highest BCUT2D eigenvalue weighted by Crippen LogP contribution is 2.52. The van der Waals surface area contributed by atoms with E-state index in [2.05, 4.69) is 244 Å². The van der Waals surface area contributed by atoms with Gasteiger partial charge in [0.25, 0.3) is 0 Å². The maximum absolute atomic E-state index is 6.83. The normalized spacial score (nSPS) is 13.6. The van der Waals surface area contributed by atoms with Crippen molar-refractivity contribution in [2.45, 2.75) is 92.4 Å². The van der Waals surface area contributed by atoms with E-state index in [1.165, 1.54) is 89.2 Å². The Kier molecular flexibility index (Phi) is 9.44. The molecule has 66 heavy (non-hydrogen) atoms. The van der Waals surface area contributed by atoms with Crippen LogP contribution >= 0.6 is 0 Å². The molecule has 0 aliphatic carbocycles. The molecule has 3 nitrogen and oxygen atoms in total. The van der Waals surface area contributed by atoms with Gasteiger partial charge >= 0.3 is 6.85 Å². The first-order chi connectivity index (χ1) is 31.5. The quantitative estimate of drug-likeness (QED) is 0.164. The van der Waals surface area contributed by atoms with Gasteiger partial charge in [0.1, 0.15) is 11.2 Å². The molecule has 0 bridgehead atoms. The van der Waals surface area contributed by atoms with Crippen LogP contribution < -0.4 is 20.6 Å². The van der Waals surface area contributed by atoms with Crippen LogP contribution in [0.3, 0.4) is 0 Å². The van der Waals surface area contributed by atoms with Crippen molar-refractivity contribution in [1.82, 2.24) is 0 Å². The summed E-state index contributed by atoms with van der Waals surface area (Å²) in [4.78, 5) is 5.25. The third-order valence-electron chi connectivity index (χ3n) is 14.4. The first kappa shape index (κ1) is 41.9. The minimum atomic E-state index is -0.178. The molecule has 11 rings (SSSR count). The highest BCUT2D eigenvalue weighted by atomic mass is 16.3. The third-order valence-corrected chi connectivity index (χ3v) is 14.4. The summed E-state index contributed by atoms with van der Waals surface area (Å²) in [5, 5.41) is 2.24. The summed E-state index contributed by atoms with van der Waals surface area (Å²) in [6.45, 7) is 25.2. The summed E-state index contributed by atoms with van der Waals surface area (Å²) < 4.78 is 6.83. The van der Waals surface area contributed by atoms with Crippen LogP contribution in [0.5, 0.6) is 0 Å². The molecule has 0 radical (unpaired) electrons. The van der Waals surface area contributed by atoms with Gasteiger partial charge in [0, 0.05) is 44.6 Å². The first-order valence-electron chi connectivity index (χ1n) is 23.7. The van der Waals surface area contributed by atoms with E-state index in [9.17, 15) is 0 Å². The van der Waals surface area contributed by atoms with E-state index in [1.54, 1.807) is 0 Å². The second kappa shape index (κ2) is 14.9. The third kappa shape index (κ3) is 6.71. The van der Waals surface area contributed by atoms with Gasteiger partial charge in [-0.25, -0.2) is 0 Å². The molecule has 0 fully saturated rings. The van der Waals surface area contributed by atoms with Crippen molar-refractivity contribution in [3.8, 4) is 33.4 Å². The van der Waals surface area contributed by atoms with Crippen molar-refractivity contribution in [3.63, 3.8) is 0 Å². The summed E-state index contributed by atoms with van der Waals surface area (Å²) in [7, 11) is 0. The van der Waals surface area contributed by atoms with Crippen molar-refractivity contribution < 1.29 is 4.42 Å². The molecule has 326 valence electrons. The van der Waals surface area contributed by atoms with E-state index >= 15 is 0 Å². The molecular formula is C62H59BN2O. The van der Waals surface area contributed by atoms with E-state index in [0.29, 0.717) is 0 Å². The number of hydrogen-bond donors (Lipinski definition) is 0. The monoisotopic (exact) mass is 858 g/mol. The maximum atomic E-state index is 6.83. The molecular weight excluding hydrogens is 800 g/mol. The van der Waals surface area contributed by atoms with Gasteiger partial charge in [0.15, 0.2) is 0 Å². The van der Waals surface area contributed by atoms with Gasteiger partial charge in [-0.05, 0) is 152 Å². The van der Waals surface area contributed by atoms with Crippen LogP contribution in [0.25, 0.3) is 55.3 Å². The minimum Gasteiger partial charge on any atom is -0.456 e. The Morgan fingerprint density at radius 2 is 1.06 bits per heavy atom. The molecule has 0 amide bonds. The fourth-order valence-electron chi connectivity index (χ4n) is 10.8. The van der Waals surface area contributed by atoms with Gasteiger partial charge in [-0.3, -0.25) is 0 Å². The van der Waals surface area contributed by atoms with Gasteiger partial charge in [0.05, 0.1) is 5.69 Å². The number of anilines is 5. The molecule has 0 N–H and O–H groups in total. The lowest BCUT2D eigenvalue weighted by Gasteiger charge is -2.46. The number of hydrogen-bond acceptors (Lipinski definition) is 3. The highest BCUT2D eigenvalue weighted by Gasteiger charge is 2.46. The Hall–Kier alpha value is -6.78. The second-order valence-electron chi connectivity index (χ2n) is 22.0. The van der Waals surface area contributed by atoms with E-state index in [-0.39, 0.29) is 23.1 Å². The lowest BCUT2D eigenvalue weighted by molar-refractivity contribution is 0.590. The largest absolute Gasteiger partial charge is 0.456 e. The smallest absolute Gasteiger partial charge is 0.333 e. The van der Waals surface area contributed by atoms with E-state index in [1.807, 2.05) is 0 Å². The van der Waals surface area contributed by atoms with Crippen LogP contribution in [-0.2, 0) is 16.2 Å². The summed E-state index contributed by atoms with van der Waals surface area (Å²) >= 11 is 0. The maximum Gasteiger partial charge on any atom is 0.333 e. The van der Waals surface area contributed by atoms with Crippen molar-refractivity contribution in [3.05, 3.63) is 186 Å². The Morgan fingerprint density at radius 3 is 1.76 bits per heavy atom. The van der Waals surface area contributed by atoms with Crippen LogP contribution in [0.15, 0.2) is 162 Å². The molecule has 0 saturated carbocycles. The van der Waals surface area contributed by atoms with Crippen molar-refractivity contribution in [2.24, 2.45) is 0 Å². The number of benzene rings is 8. The Labute approximate surface area is 391 Å². The van der Waals surface area contributed by atoms with E-state index in [4.69, 9.17) is 4.42 Å². The molecule has 0 saturated heterocycles. The van der Waals surface area contributed by atoms with Crippen LogP contribution in [0, 0.1) is 13.8 Å². The molecule has 0 spiro atoms. The van der Waals surface area contributed by atoms with E-state index in [0.717, 1.165) is 33.3 Å². The van der Waals surface area contributed by atoms with Crippen LogP contribution in [0.1, 0.15) is 90.1 Å². The van der Waals surface area contributed by atoms with Gasteiger partial charge in [-0.2, -0.15) is 0 Å². The number of fused-ring (bicyclic) bond motifs is 7. The molecule has 8 aromatic carbocycles. The number of rotatable bonds is 4. The number of furan rings is 1. The molecule has 2 aliphatic rings. The summed E-state index contributed by atoms with van der Waals surface area (Å²) in [5.41, 5.74) is 24.0. The number of para-hydroxylation sites is 1. The fourth-order valence-corrected chi connectivity index (χ4v) is 10.8. The summed E-state index contributed by atoms with van der Waals surface area (Å²) in [5.74, 6) is 0. The Bertz CT molecular complexity index is 3370. The molecule has 2 aliphatic heterocycles. The van der Waals surface area contributed by atoms with Crippen LogP contribution in [-0.4, -0.2) is 6.85 Å². The van der Waals surface area contributed by atoms with Crippen molar-refractivity contribution in [1.29, 1.82) is 0 Å². The molecule has 1 aromatic heterocycles. The number of nitrogens with zero attached hydrogens (tertiary/aromatic N) is 2. The average Bonchev–Trinajstić information content (AvgIpc) is 3.65. The number of aryl methyl sites for hydroxylation is 2. The van der Waals surface area contributed by atoms with Gasteiger partial charge in [-0.1, -0.05) is 159 Å². The van der Waals surface area contributed by atoms with Crippen LogP contribution in [0.2, 0.25) is 0 Å². The van der Waals surface area contributed by atoms with Crippen molar-refractivity contribution >= 4 is 68.1 Å². The lowest BCUT2D eigenvalue weighted by atomic mass is 9.43. The van der Waals surface area contributed by atoms with E-state index < -0.39 is 0 Å². The van der Waals surface area contributed by atoms with Crippen LogP contribution in [0.4, 0.5) is 28.4 Å². The Morgan fingerprint density at radius 1 is 0.424 bits per heavy atom. The Balaban J connectivity index is 1.32. The zero-order chi connectivity index (χ0) is 46.0. The summed E-state index contributed by atoms with van der Waals surface area (Å²) in [6.07, 6.45) is 0. The van der Waals surface area contributed by atoms with Crippen molar-refractivity contribution in [2.75, 3.05) is 9.71 Å². The minimum absolute atomic E-state index is 0.0193. The molecule has 4 heteroatoms. The zero-order valence-electron chi connectivity index (χ0n) is 40.4. The topological polar surface area (TPSA) is 19.6 Å². The SMILES string of the molecule is Cc1cccc(C)c1-c1cc2c3c(c1)N(c1ccc(C(C)(C)C)cc1-c1ccccc1)c1cc4c(cc1B3N(c1ccc(C(C)(C)C)cc1)c1cc(C(C)(C)C)ccc1-2)oc1ccccc14. The fraction of sp³-hybridized carbons (Fsp3) is 0.226. The summed E-state index contributed by atoms with van der Waals surface area (Å²) in [6, 6.07) is 59.8. The zero-order valence-corrected chi connectivity index (χ0v) is 40.4. The molecule has 0 unspecified atom stereocenters.